The molecule has 6 nitrogen and oxygen atoms in total. The number of nitrogens with one attached hydrogen (secondary N) is 1. The van der Waals surface area contributed by atoms with Crippen LogP contribution in [0.5, 0.6) is 11.5 Å². The largest absolute Gasteiger partial charge is 0.493 e. The van der Waals surface area contributed by atoms with Crippen molar-refractivity contribution < 1.29 is 18.8 Å². The van der Waals surface area contributed by atoms with Crippen molar-refractivity contribution in [2.24, 2.45) is 0 Å². The Morgan fingerprint density at radius 3 is 2.83 bits per heavy atom. The molecule has 2 aromatic heterocycles. The molecule has 1 aromatic carbocycles. The van der Waals surface area contributed by atoms with Crippen LogP contribution >= 0.6 is 11.3 Å². The molecular formula is C17H16N2O4S. The molecule has 3 rings (SSSR count). The summed E-state index contributed by atoms with van der Waals surface area (Å²) in [6.07, 6.45) is 0. The monoisotopic (exact) mass is 344 g/mol. The number of hydrogen-bond acceptors (Lipinski definition) is 6. The van der Waals surface area contributed by atoms with Gasteiger partial charge in [-0.15, -0.1) is 11.3 Å². The number of aromatic nitrogens is 1. The first-order valence-electron chi connectivity index (χ1n) is 7.21. The lowest BCUT2D eigenvalue weighted by Gasteiger charge is -2.12. The molecule has 0 bridgehead atoms. The molecule has 0 saturated carbocycles. The van der Waals surface area contributed by atoms with Gasteiger partial charge in [0, 0.05) is 18.2 Å². The molecule has 0 atom stereocenters. The van der Waals surface area contributed by atoms with E-state index in [1.165, 1.54) is 11.3 Å². The summed E-state index contributed by atoms with van der Waals surface area (Å²) in [6.45, 7) is 0.292. The van der Waals surface area contributed by atoms with Gasteiger partial charge in [-0.3, -0.25) is 4.79 Å². The minimum absolute atomic E-state index is 0.236. The SMILES string of the molecule is COc1cccc(CNC(=O)c2cc(-c3cccs3)on2)c1OC. The summed E-state index contributed by atoms with van der Waals surface area (Å²) in [5.41, 5.74) is 1.05. The molecule has 124 valence electrons. The van der Waals surface area contributed by atoms with E-state index in [9.17, 15) is 4.79 Å². The zero-order valence-corrected chi connectivity index (χ0v) is 14.1. The van der Waals surface area contributed by atoms with Crippen molar-refractivity contribution >= 4 is 17.2 Å². The number of para-hydroxylation sites is 1. The third kappa shape index (κ3) is 3.26. The lowest BCUT2D eigenvalue weighted by molar-refractivity contribution is 0.0941. The number of nitrogens with zero attached hydrogens (tertiary/aromatic N) is 1. The maximum absolute atomic E-state index is 12.3. The number of carbonyl (C=O) groups excluding carboxylic acids is 1. The van der Waals surface area contributed by atoms with Crippen LogP contribution in [0.25, 0.3) is 10.6 Å². The Kier molecular flexibility index (Phi) is 4.81. The van der Waals surface area contributed by atoms with Crippen LogP contribution in [0.1, 0.15) is 16.1 Å². The van der Waals surface area contributed by atoms with Gasteiger partial charge in [-0.25, -0.2) is 0 Å². The van der Waals surface area contributed by atoms with Gasteiger partial charge in [-0.05, 0) is 17.5 Å². The highest BCUT2D eigenvalue weighted by molar-refractivity contribution is 7.13. The Labute approximate surface area is 143 Å². The fourth-order valence-corrected chi connectivity index (χ4v) is 2.95. The number of benzene rings is 1. The highest BCUT2D eigenvalue weighted by Gasteiger charge is 2.15. The van der Waals surface area contributed by atoms with Gasteiger partial charge < -0.3 is 19.3 Å². The quantitative estimate of drug-likeness (QED) is 0.742. The van der Waals surface area contributed by atoms with E-state index in [1.807, 2.05) is 29.6 Å². The van der Waals surface area contributed by atoms with Crippen molar-refractivity contribution in [3.8, 4) is 22.1 Å². The summed E-state index contributed by atoms with van der Waals surface area (Å²) in [7, 11) is 3.13. The summed E-state index contributed by atoms with van der Waals surface area (Å²) in [5.74, 6) is 1.48. The van der Waals surface area contributed by atoms with Crippen LogP contribution in [0, 0.1) is 0 Å². The standard InChI is InChI=1S/C17H16N2O4S/c1-21-13-6-3-5-11(16(13)22-2)10-18-17(20)12-9-14(23-19-12)15-7-4-8-24-15/h3-9H,10H2,1-2H3,(H,18,20). The number of carbonyl (C=O) groups is 1. The molecule has 0 spiro atoms. The van der Waals surface area contributed by atoms with Gasteiger partial charge in [0.2, 0.25) is 0 Å². The number of rotatable bonds is 6. The molecule has 2 heterocycles. The van der Waals surface area contributed by atoms with E-state index < -0.39 is 0 Å². The Bertz CT molecular complexity index is 827. The second-order valence-corrected chi connectivity index (χ2v) is 5.84. The van der Waals surface area contributed by atoms with E-state index in [-0.39, 0.29) is 11.6 Å². The lowest BCUT2D eigenvalue weighted by Crippen LogP contribution is -2.23. The van der Waals surface area contributed by atoms with Crippen LogP contribution in [0.3, 0.4) is 0 Å². The lowest BCUT2D eigenvalue weighted by atomic mass is 10.2. The van der Waals surface area contributed by atoms with Crippen molar-refractivity contribution in [2.75, 3.05) is 14.2 Å². The first-order valence-corrected chi connectivity index (χ1v) is 8.09. The Morgan fingerprint density at radius 2 is 2.12 bits per heavy atom. The summed E-state index contributed by atoms with van der Waals surface area (Å²) >= 11 is 1.52. The van der Waals surface area contributed by atoms with E-state index in [1.54, 1.807) is 26.4 Å². The van der Waals surface area contributed by atoms with E-state index in [4.69, 9.17) is 14.0 Å². The Balaban J connectivity index is 1.70. The van der Waals surface area contributed by atoms with Crippen molar-refractivity contribution in [2.45, 2.75) is 6.54 Å². The minimum Gasteiger partial charge on any atom is -0.493 e. The molecule has 0 aliphatic heterocycles. The third-order valence-corrected chi connectivity index (χ3v) is 4.32. The molecule has 0 unspecified atom stereocenters. The molecule has 24 heavy (non-hydrogen) atoms. The molecule has 0 aliphatic rings. The van der Waals surface area contributed by atoms with Crippen molar-refractivity contribution in [1.29, 1.82) is 0 Å². The number of thiophene rings is 1. The van der Waals surface area contributed by atoms with Crippen molar-refractivity contribution in [3.63, 3.8) is 0 Å². The van der Waals surface area contributed by atoms with Gasteiger partial charge in [-0.1, -0.05) is 23.4 Å². The predicted octanol–water partition coefficient (Wildman–Crippen LogP) is 3.35. The molecule has 0 saturated heterocycles. The van der Waals surface area contributed by atoms with Crippen LogP contribution in [0.4, 0.5) is 0 Å². The van der Waals surface area contributed by atoms with E-state index in [0.717, 1.165) is 10.4 Å². The van der Waals surface area contributed by atoms with Gasteiger partial charge in [0.05, 0.1) is 19.1 Å². The summed E-state index contributed by atoms with van der Waals surface area (Å²) in [6, 6.07) is 11.0. The Morgan fingerprint density at radius 1 is 1.25 bits per heavy atom. The van der Waals surface area contributed by atoms with Crippen molar-refractivity contribution in [1.82, 2.24) is 10.5 Å². The second-order valence-electron chi connectivity index (χ2n) is 4.89. The number of amides is 1. The summed E-state index contributed by atoms with van der Waals surface area (Å²) < 4.78 is 15.8. The average molecular weight is 344 g/mol. The van der Waals surface area contributed by atoms with Gasteiger partial charge in [0.25, 0.3) is 5.91 Å². The van der Waals surface area contributed by atoms with Crippen LogP contribution in [0.15, 0.2) is 46.3 Å². The smallest absolute Gasteiger partial charge is 0.273 e. The first kappa shape index (κ1) is 16.1. The summed E-state index contributed by atoms with van der Waals surface area (Å²) in [4.78, 5) is 13.2. The van der Waals surface area contributed by atoms with E-state index >= 15 is 0 Å². The molecule has 0 fully saturated rings. The number of hydrogen-bond donors (Lipinski definition) is 1. The maximum Gasteiger partial charge on any atom is 0.273 e. The minimum atomic E-state index is -0.313. The first-order chi connectivity index (χ1) is 11.7. The van der Waals surface area contributed by atoms with Gasteiger partial charge in [0.1, 0.15) is 0 Å². The van der Waals surface area contributed by atoms with E-state index in [2.05, 4.69) is 10.5 Å². The zero-order valence-electron chi connectivity index (χ0n) is 13.2. The Hall–Kier alpha value is -2.80. The van der Waals surface area contributed by atoms with Crippen LogP contribution < -0.4 is 14.8 Å². The average Bonchev–Trinajstić information content (AvgIpc) is 3.29. The highest BCUT2D eigenvalue weighted by Crippen LogP contribution is 2.30. The second kappa shape index (κ2) is 7.18. The molecular weight excluding hydrogens is 328 g/mol. The topological polar surface area (TPSA) is 73.6 Å². The maximum atomic E-state index is 12.3. The molecule has 1 N–H and O–H groups in total. The summed E-state index contributed by atoms with van der Waals surface area (Å²) in [5, 5.41) is 8.57. The molecule has 1 amide bonds. The van der Waals surface area contributed by atoms with Crippen LogP contribution in [-0.4, -0.2) is 25.3 Å². The molecule has 3 aromatic rings. The molecule has 0 aliphatic carbocycles. The molecule has 7 heteroatoms. The van der Waals surface area contributed by atoms with Gasteiger partial charge >= 0.3 is 0 Å². The van der Waals surface area contributed by atoms with Gasteiger partial charge in [0.15, 0.2) is 23.0 Å². The van der Waals surface area contributed by atoms with Crippen LogP contribution in [-0.2, 0) is 6.54 Å². The fourth-order valence-electron chi connectivity index (χ4n) is 2.28. The van der Waals surface area contributed by atoms with Crippen molar-refractivity contribution in [3.05, 3.63) is 53.0 Å². The predicted molar refractivity (Wildman–Crippen MR) is 90.5 cm³/mol. The number of methoxy groups -OCH3 is 2. The van der Waals surface area contributed by atoms with Crippen LogP contribution in [0.2, 0.25) is 0 Å². The third-order valence-electron chi connectivity index (χ3n) is 3.43. The van der Waals surface area contributed by atoms with Gasteiger partial charge in [-0.2, -0.15) is 0 Å². The van der Waals surface area contributed by atoms with E-state index in [0.29, 0.717) is 23.8 Å². The normalized spacial score (nSPS) is 10.4. The molecule has 0 radical (unpaired) electrons. The highest BCUT2D eigenvalue weighted by atomic mass is 32.1. The zero-order chi connectivity index (χ0) is 16.9. The fraction of sp³-hybridized carbons (Fsp3) is 0.176. The number of ether oxygens (including phenoxy) is 2.